The van der Waals surface area contributed by atoms with Gasteiger partial charge in [0.2, 0.25) is 6.79 Å². The Morgan fingerprint density at radius 1 is 1.14 bits per heavy atom. The van der Waals surface area contributed by atoms with E-state index in [1.165, 1.54) is 24.3 Å². The fraction of sp³-hybridized carbons (Fsp3) is 0.0625. The Labute approximate surface area is 125 Å². The van der Waals surface area contributed by atoms with Crippen LogP contribution in [-0.2, 0) is 0 Å². The summed E-state index contributed by atoms with van der Waals surface area (Å²) in [4.78, 5) is 22.5. The molecule has 0 N–H and O–H groups in total. The van der Waals surface area contributed by atoms with E-state index in [0.29, 0.717) is 11.5 Å². The van der Waals surface area contributed by atoms with Crippen molar-refractivity contribution in [3.05, 3.63) is 69.8 Å². The zero-order valence-electron chi connectivity index (χ0n) is 11.4. The van der Waals surface area contributed by atoms with E-state index in [1.807, 2.05) is 0 Å². The fourth-order valence-electron chi connectivity index (χ4n) is 2.12. The number of nitro benzene ring substituents is 1. The van der Waals surface area contributed by atoms with Crippen LogP contribution in [0, 0.1) is 10.1 Å². The number of carbonyl (C=O) groups is 1. The number of hydrogen-bond donors (Lipinski definition) is 0. The number of allylic oxidation sites excluding steroid dienone is 1. The Hall–Kier alpha value is -3.15. The normalized spacial score (nSPS) is 12.5. The quantitative estimate of drug-likeness (QED) is 0.375. The van der Waals surface area contributed by atoms with Crippen molar-refractivity contribution in [1.82, 2.24) is 0 Å². The molecule has 0 radical (unpaired) electrons. The van der Waals surface area contributed by atoms with Crippen LogP contribution in [-0.4, -0.2) is 17.5 Å². The summed E-state index contributed by atoms with van der Waals surface area (Å²) in [6, 6.07) is 11.1. The predicted octanol–water partition coefficient (Wildman–Crippen LogP) is 3.22. The van der Waals surface area contributed by atoms with Gasteiger partial charge in [-0.25, -0.2) is 0 Å². The Morgan fingerprint density at radius 3 is 2.73 bits per heavy atom. The molecular formula is C16H11NO5. The molecule has 6 heteroatoms. The van der Waals surface area contributed by atoms with Gasteiger partial charge in [-0.2, -0.15) is 0 Å². The highest BCUT2D eigenvalue weighted by atomic mass is 16.7. The molecular weight excluding hydrogens is 286 g/mol. The highest BCUT2D eigenvalue weighted by Gasteiger charge is 2.17. The molecule has 0 saturated carbocycles. The third-order valence-electron chi connectivity index (χ3n) is 3.19. The van der Waals surface area contributed by atoms with Gasteiger partial charge < -0.3 is 9.47 Å². The van der Waals surface area contributed by atoms with Crippen molar-refractivity contribution in [3.8, 4) is 11.5 Å². The first-order valence-electron chi connectivity index (χ1n) is 6.50. The standard InChI is InChI=1S/C16H11NO5/c18-14(12-3-1-2-4-13(12)17(19)20)7-5-11-6-8-15-16(9-11)22-10-21-15/h1-9H,10H2/b7-5-. The van der Waals surface area contributed by atoms with Crippen LogP contribution in [0.25, 0.3) is 6.08 Å². The lowest BCUT2D eigenvalue weighted by atomic mass is 10.1. The van der Waals surface area contributed by atoms with Gasteiger partial charge in [-0.05, 0) is 29.8 Å². The van der Waals surface area contributed by atoms with Crippen molar-refractivity contribution in [2.24, 2.45) is 0 Å². The van der Waals surface area contributed by atoms with Crippen molar-refractivity contribution in [3.63, 3.8) is 0 Å². The summed E-state index contributed by atoms with van der Waals surface area (Å²) in [5, 5.41) is 10.9. The summed E-state index contributed by atoms with van der Waals surface area (Å²) in [7, 11) is 0. The molecule has 1 heterocycles. The molecule has 0 fully saturated rings. The van der Waals surface area contributed by atoms with Gasteiger partial charge in [0.15, 0.2) is 17.3 Å². The maximum atomic E-state index is 12.1. The number of rotatable bonds is 4. The summed E-state index contributed by atoms with van der Waals surface area (Å²) in [5.74, 6) is 0.840. The van der Waals surface area contributed by atoms with Crippen LogP contribution in [0.2, 0.25) is 0 Å². The summed E-state index contributed by atoms with van der Waals surface area (Å²) in [5.41, 5.74) is 0.600. The van der Waals surface area contributed by atoms with Gasteiger partial charge in [0, 0.05) is 6.07 Å². The summed E-state index contributed by atoms with van der Waals surface area (Å²) >= 11 is 0. The van der Waals surface area contributed by atoms with Crippen LogP contribution in [0.4, 0.5) is 5.69 Å². The minimum atomic E-state index is -0.568. The molecule has 0 atom stereocenters. The van der Waals surface area contributed by atoms with Crippen molar-refractivity contribution >= 4 is 17.5 Å². The zero-order chi connectivity index (χ0) is 15.5. The van der Waals surface area contributed by atoms with E-state index < -0.39 is 10.7 Å². The second kappa shape index (κ2) is 5.69. The minimum absolute atomic E-state index is 0.0597. The van der Waals surface area contributed by atoms with E-state index in [-0.39, 0.29) is 18.0 Å². The molecule has 110 valence electrons. The molecule has 22 heavy (non-hydrogen) atoms. The number of fused-ring (bicyclic) bond motifs is 1. The molecule has 3 rings (SSSR count). The molecule has 0 aliphatic carbocycles. The largest absolute Gasteiger partial charge is 0.454 e. The predicted molar refractivity (Wildman–Crippen MR) is 79.0 cm³/mol. The first kappa shape index (κ1) is 13.8. The van der Waals surface area contributed by atoms with Gasteiger partial charge in [-0.15, -0.1) is 0 Å². The van der Waals surface area contributed by atoms with Gasteiger partial charge in [0.1, 0.15) is 0 Å². The molecule has 0 aromatic heterocycles. The number of nitro groups is 1. The highest BCUT2D eigenvalue weighted by molar-refractivity contribution is 6.09. The number of benzene rings is 2. The van der Waals surface area contributed by atoms with E-state index in [9.17, 15) is 14.9 Å². The maximum Gasteiger partial charge on any atom is 0.280 e. The monoisotopic (exact) mass is 297 g/mol. The number of para-hydroxylation sites is 1. The maximum absolute atomic E-state index is 12.1. The summed E-state index contributed by atoms with van der Waals surface area (Å²) < 4.78 is 10.5. The first-order valence-corrected chi connectivity index (χ1v) is 6.50. The Bertz CT molecular complexity index is 782. The van der Waals surface area contributed by atoms with Crippen molar-refractivity contribution in [2.45, 2.75) is 0 Å². The second-order valence-corrected chi connectivity index (χ2v) is 4.58. The third-order valence-corrected chi connectivity index (χ3v) is 3.19. The summed E-state index contributed by atoms with van der Waals surface area (Å²) in [6.45, 7) is 0.178. The molecule has 1 aliphatic rings. The van der Waals surface area contributed by atoms with Crippen molar-refractivity contribution in [2.75, 3.05) is 6.79 Å². The number of hydrogen-bond acceptors (Lipinski definition) is 5. The van der Waals surface area contributed by atoms with Crippen LogP contribution in [0.15, 0.2) is 48.5 Å². The van der Waals surface area contributed by atoms with Gasteiger partial charge >= 0.3 is 0 Å². The van der Waals surface area contributed by atoms with E-state index >= 15 is 0 Å². The number of nitrogens with zero attached hydrogens (tertiary/aromatic N) is 1. The number of carbonyl (C=O) groups excluding carboxylic acids is 1. The number of ketones is 1. The molecule has 1 aliphatic heterocycles. The lowest BCUT2D eigenvalue weighted by Crippen LogP contribution is -2.00. The van der Waals surface area contributed by atoms with Crippen molar-refractivity contribution < 1.29 is 19.2 Å². The van der Waals surface area contributed by atoms with E-state index in [0.717, 1.165) is 5.56 Å². The molecule has 0 amide bonds. The molecule has 0 saturated heterocycles. The SMILES string of the molecule is O=C(/C=C\c1ccc2c(c1)OCO2)c1ccccc1[N+](=O)[O-]. The van der Waals surface area contributed by atoms with Crippen LogP contribution in [0.1, 0.15) is 15.9 Å². The van der Waals surface area contributed by atoms with Gasteiger partial charge in [0.25, 0.3) is 5.69 Å². The second-order valence-electron chi connectivity index (χ2n) is 4.58. The van der Waals surface area contributed by atoms with Crippen molar-refractivity contribution in [1.29, 1.82) is 0 Å². The fourth-order valence-corrected chi connectivity index (χ4v) is 2.12. The van der Waals surface area contributed by atoms with Gasteiger partial charge in [0.05, 0.1) is 10.5 Å². The topological polar surface area (TPSA) is 78.7 Å². The van der Waals surface area contributed by atoms with Gasteiger partial charge in [-0.1, -0.05) is 24.3 Å². The molecule has 0 spiro atoms. The molecule has 2 aromatic rings. The molecule has 6 nitrogen and oxygen atoms in total. The van der Waals surface area contributed by atoms with Crippen LogP contribution < -0.4 is 9.47 Å². The lowest BCUT2D eigenvalue weighted by Gasteiger charge is -1.99. The highest BCUT2D eigenvalue weighted by Crippen LogP contribution is 2.32. The van der Waals surface area contributed by atoms with Crippen LogP contribution >= 0.6 is 0 Å². The summed E-state index contributed by atoms with van der Waals surface area (Å²) in [6.07, 6.45) is 2.89. The smallest absolute Gasteiger partial charge is 0.280 e. The molecule has 0 unspecified atom stereocenters. The van der Waals surface area contributed by atoms with Crippen LogP contribution in [0.5, 0.6) is 11.5 Å². The Balaban J connectivity index is 1.84. The first-order chi connectivity index (χ1) is 10.6. The molecule has 0 bridgehead atoms. The minimum Gasteiger partial charge on any atom is -0.454 e. The average Bonchev–Trinajstić information content (AvgIpc) is 3.00. The lowest BCUT2D eigenvalue weighted by molar-refractivity contribution is -0.385. The number of ether oxygens (including phenoxy) is 2. The average molecular weight is 297 g/mol. The molecule has 2 aromatic carbocycles. The van der Waals surface area contributed by atoms with Gasteiger partial charge in [-0.3, -0.25) is 14.9 Å². The van der Waals surface area contributed by atoms with E-state index in [4.69, 9.17) is 9.47 Å². The van der Waals surface area contributed by atoms with E-state index in [2.05, 4.69) is 0 Å². The van der Waals surface area contributed by atoms with E-state index in [1.54, 1.807) is 30.3 Å². The Morgan fingerprint density at radius 2 is 1.91 bits per heavy atom. The zero-order valence-corrected chi connectivity index (χ0v) is 11.4. The van der Waals surface area contributed by atoms with Crippen LogP contribution in [0.3, 0.4) is 0 Å². The Kier molecular flexibility index (Phi) is 3.57. The third kappa shape index (κ3) is 2.67.